The van der Waals surface area contributed by atoms with Crippen LogP contribution in [0.5, 0.6) is 11.5 Å². The lowest BCUT2D eigenvalue weighted by atomic mass is 10.2. The second-order valence-electron chi connectivity index (χ2n) is 7.55. The predicted molar refractivity (Wildman–Crippen MR) is 133 cm³/mol. The summed E-state index contributed by atoms with van der Waals surface area (Å²) in [5.41, 5.74) is 1.82. The van der Waals surface area contributed by atoms with Gasteiger partial charge in [0.05, 0.1) is 5.69 Å². The van der Waals surface area contributed by atoms with Gasteiger partial charge in [-0.15, -0.1) is 5.10 Å². The highest BCUT2D eigenvalue weighted by atomic mass is 35.5. The summed E-state index contributed by atoms with van der Waals surface area (Å²) < 4.78 is 20.8. The lowest BCUT2D eigenvalue weighted by molar-refractivity contribution is 0.101. The van der Waals surface area contributed by atoms with Crippen LogP contribution in [0.1, 0.15) is 10.6 Å². The van der Waals surface area contributed by atoms with E-state index >= 15 is 0 Å². The number of amides is 1. The molecular formula is C27H18ClFN4O2. The number of aromatic nitrogens is 3. The van der Waals surface area contributed by atoms with Gasteiger partial charge in [0, 0.05) is 16.3 Å². The van der Waals surface area contributed by atoms with Gasteiger partial charge in [-0.05, 0) is 84.9 Å². The molecule has 5 rings (SSSR count). The smallest absolute Gasteiger partial charge is 0.295 e. The average molecular weight is 485 g/mol. The van der Waals surface area contributed by atoms with Crippen LogP contribution in [0, 0.1) is 5.82 Å². The van der Waals surface area contributed by atoms with Crippen molar-refractivity contribution < 1.29 is 13.9 Å². The van der Waals surface area contributed by atoms with E-state index in [4.69, 9.17) is 16.3 Å². The molecule has 4 aromatic carbocycles. The second kappa shape index (κ2) is 9.79. The van der Waals surface area contributed by atoms with Crippen molar-refractivity contribution in [1.29, 1.82) is 0 Å². The molecule has 0 radical (unpaired) electrons. The fraction of sp³-hybridized carbons (Fsp3) is 0. The Kier molecular flexibility index (Phi) is 6.24. The topological polar surface area (TPSA) is 69.0 Å². The molecule has 0 bridgehead atoms. The van der Waals surface area contributed by atoms with Crippen LogP contribution in [-0.4, -0.2) is 20.7 Å². The van der Waals surface area contributed by atoms with Gasteiger partial charge in [-0.3, -0.25) is 4.79 Å². The summed E-state index contributed by atoms with van der Waals surface area (Å²) in [4.78, 5) is 17.4. The molecule has 0 aliphatic carbocycles. The van der Waals surface area contributed by atoms with Gasteiger partial charge >= 0.3 is 0 Å². The van der Waals surface area contributed by atoms with E-state index in [0.29, 0.717) is 33.5 Å². The number of nitrogens with zero attached hydrogens (tertiary/aromatic N) is 3. The number of hydrogen-bond acceptors (Lipinski definition) is 4. The Morgan fingerprint density at radius 3 is 2.17 bits per heavy atom. The van der Waals surface area contributed by atoms with Crippen molar-refractivity contribution in [3.05, 3.63) is 120 Å². The molecule has 8 heteroatoms. The molecule has 35 heavy (non-hydrogen) atoms. The third kappa shape index (κ3) is 5.20. The fourth-order valence-corrected chi connectivity index (χ4v) is 3.50. The van der Waals surface area contributed by atoms with E-state index in [2.05, 4.69) is 15.4 Å². The van der Waals surface area contributed by atoms with Crippen LogP contribution in [0.4, 0.5) is 10.1 Å². The average Bonchev–Trinajstić information content (AvgIpc) is 3.32. The first kappa shape index (κ1) is 22.3. The summed E-state index contributed by atoms with van der Waals surface area (Å²) >= 11 is 6.02. The Morgan fingerprint density at radius 1 is 0.829 bits per heavy atom. The maximum Gasteiger partial charge on any atom is 0.295 e. The molecule has 1 N–H and O–H groups in total. The maximum atomic E-state index is 13.5. The molecule has 172 valence electrons. The van der Waals surface area contributed by atoms with Crippen molar-refractivity contribution in [3.63, 3.8) is 0 Å². The van der Waals surface area contributed by atoms with E-state index in [-0.39, 0.29) is 11.6 Å². The molecule has 0 aliphatic rings. The highest BCUT2D eigenvalue weighted by Crippen LogP contribution is 2.25. The van der Waals surface area contributed by atoms with E-state index in [0.717, 1.165) is 5.75 Å². The largest absolute Gasteiger partial charge is 0.457 e. The van der Waals surface area contributed by atoms with Gasteiger partial charge in [-0.25, -0.2) is 14.1 Å². The van der Waals surface area contributed by atoms with Crippen molar-refractivity contribution in [2.45, 2.75) is 0 Å². The standard InChI is InChI=1S/C27H18ClFN4O2/c28-19-8-14-22(15-9-19)33-26(18-6-10-20(29)11-7-18)31-25(32-33)27(34)30-21-12-16-24(17-13-21)35-23-4-2-1-3-5-23/h1-17H,(H,30,34). The minimum Gasteiger partial charge on any atom is -0.457 e. The molecule has 5 aromatic rings. The summed E-state index contributed by atoms with van der Waals surface area (Å²) in [6.45, 7) is 0. The first-order valence-corrected chi connectivity index (χ1v) is 11.1. The van der Waals surface area contributed by atoms with E-state index in [9.17, 15) is 9.18 Å². The zero-order valence-electron chi connectivity index (χ0n) is 18.2. The van der Waals surface area contributed by atoms with Crippen LogP contribution < -0.4 is 10.1 Å². The second-order valence-corrected chi connectivity index (χ2v) is 7.98. The van der Waals surface area contributed by atoms with Crippen LogP contribution in [-0.2, 0) is 0 Å². The highest BCUT2D eigenvalue weighted by Gasteiger charge is 2.19. The number of nitrogens with one attached hydrogen (secondary N) is 1. The molecule has 1 aromatic heterocycles. The molecule has 0 saturated carbocycles. The summed E-state index contributed by atoms with van der Waals surface area (Å²) in [6, 6.07) is 29.1. The van der Waals surface area contributed by atoms with E-state index in [1.54, 1.807) is 60.7 Å². The number of hydrogen-bond donors (Lipinski definition) is 1. The first-order valence-electron chi connectivity index (χ1n) is 10.7. The summed E-state index contributed by atoms with van der Waals surface area (Å²) in [5.74, 6) is 0.849. The number of anilines is 1. The Morgan fingerprint density at radius 2 is 1.49 bits per heavy atom. The summed E-state index contributed by atoms with van der Waals surface area (Å²) in [5, 5.41) is 7.77. The Bertz CT molecular complexity index is 1390. The van der Waals surface area contributed by atoms with Crippen LogP contribution in [0.25, 0.3) is 17.1 Å². The normalized spacial score (nSPS) is 10.7. The SMILES string of the molecule is O=C(Nc1ccc(Oc2ccccc2)cc1)c1nc(-c2ccc(F)cc2)n(-c2ccc(Cl)cc2)n1. The van der Waals surface area contributed by atoms with Crippen molar-refractivity contribution >= 4 is 23.2 Å². The third-order valence-corrected chi connectivity index (χ3v) is 5.33. The van der Waals surface area contributed by atoms with Crippen molar-refractivity contribution in [2.75, 3.05) is 5.32 Å². The molecule has 1 heterocycles. The molecular weight excluding hydrogens is 467 g/mol. The number of ether oxygens (including phenoxy) is 1. The van der Waals surface area contributed by atoms with Gasteiger partial charge in [0.25, 0.3) is 5.91 Å². The Labute approximate surface area is 205 Å². The minimum absolute atomic E-state index is 0.0381. The number of rotatable bonds is 6. The monoisotopic (exact) mass is 484 g/mol. The molecule has 0 spiro atoms. The summed E-state index contributed by atoms with van der Waals surface area (Å²) in [7, 11) is 0. The summed E-state index contributed by atoms with van der Waals surface area (Å²) in [6.07, 6.45) is 0. The van der Waals surface area contributed by atoms with Crippen LogP contribution in [0.3, 0.4) is 0 Å². The molecule has 1 amide bonds. The molecule has 0 atom stereocenters. The number of halogens is 2. The van der Waals surface area contributed by atoms with Crippen molar-refractivity contribution in [3.8, 4) is 28.6 Å². The van der Waals surface area contributed by atoms with Gasteiger partial charge in [0.2, 0.25) is 5.82 Å². The van der Waals surface area contributed by atoms with Gasteiger partial charge in [0.15, 0.2) is 5.82 Å². The van der Waals surface area contributed by atoms with Crippen molar-refractivity contribution in [1.82, 2.24) is 14.8 Å². The Hall–Kier alpha value is -4.49. The van der Waals surface area contributed by atoms with Crippen LogP contribution in [0.2, 0.25) is 5.02 Å². The highest BCUT2D eigenvalue weighted by molar-refractivity contribution is 6.30. The third-order valence-electron chi connectivity index (χ3n) is 5.07. The molecule has 0 fully saturated rings. The number of para-hydroxylation sites is 1. The maximum absolute atomic E-state index is 13.5. The molecule has 0 saturated heterocycles. The minimum atomic E-state index is -0.488. The van der Waals surface area contributed by atoms with E-state index in [1.165, 1.54) is 16.8 Å². The fourth-order valence-electron chi connectivity index (χ4n) is 3.37. The lowest BCUT2D eigenvalue weighted by Gasteiger charge is -2.07. The van der Waals surface area contributed by atoms with E-state index < -0.39 is 5.91 Å². The first-order chi connectivity index (χ1) is 17.0. The van der Waals surface area contributed by atoms with Gasteiger partial charge < -0.3 is 10.1 Å². The van der Waals surface area contributed by atoms with Crippen LogP contribution >= 0.6 is 11.6 Å². The molecule has 0 unspecified atom stereocenters. The zero-order valence-corrected chi connectivity index (χ0v) is 19.0. The number of benzene rings is 4. The predicted octanol–water partition coefficient (Wildman–Crippen LogP) is 6.77. The van der Waals surface area contributed by atoms with Gasteiger partial charge in [-0.1, -0.05) is 29.8 Å². The number of carbonyl (C=O) groups is 1. The van der Waals surface area contributed by atoms with Crippen LogP contribution in [0.15, 0.2) is 103 Å². The lowest BCUT2D eigenvalue weighted by Crippen LogP contribution is -2.14. The van der Waals surface area contributed by atoms with Gasteiger partial charge in [-0.2, -0.15) is 0 Å². The van der Waals surface area contributed by atoms with E-state index in [1.807, 2.05) is 30.3 Å². The van der Waals surface area contributed by atoms with Gasteiger partial charge in [0.1, 0.15) is 17.3 Å². The Balaban J connectivity index is 1.40. The zero-order chi connectivity index (χ0) is 24.2. The quantitative estimate of drug-likeness (QED) is 0.288. The molecule has 6 nitrogen and oxygen atoms in total. The van der Waals surface area contributed by atoms with Crippen molar-refractivity contribution in [2.24, 2.45) is 0 Å². The number of carbonyl (C=O) groups excluding carboxylic acids is 1. The molecule has 0 aliphatic heterocycles.